The van der Waals surface area contributed by atoms with E-state index < -0.39 is 44.8 Å². The number of likely N-dealkylation sites (tertiary alicyclic amines) is 1. The van der Waals surface area contributed by atoms with Crippen molar-refractivity contribution in [1.82, 2.24) is 4.90 Å². The number of carbonyl (C=O) groups excluding carboxylic acids is 2. The molecule has 16 heteroatoms. The number of hydrogen-bond donors (Lipinski definition) is 4. The van der Waals surface area contributed by atoms with Crippen LogP contribution < -0.4 is 9.05 Å². The Kier molecular flexibility index (Phi) is 11.9. The van der Waals surface area contributed by atoms with Crippen molar-refractivity contribution in [2.75, 3.05) is 19.7 Å². The number of rotatable bonds is 7. The number of ether oxygens (including phenoxy) is 1. The molecule has 1 aromatic carbocycles. The van der Waals surface area contributed by atoms with Gasteiger partial charge in [0.15, 0.2) is 6.61 Å². The van der Waals surface area contributed by atoms with Crippen molar-refractivity contribution in [3.05, 3.63) is 47.1 Å². The zero-order chi connectivity index (χ0) is 30.9. The van der Waals surface area contributed by atoms with Crippen LogP contribution in [0.15, 0.2) is 41.1 Å². The van der Waals surface area contributed by atoms with Gasteiger partial charge < -0.3 is 23.5 Å². The molecule has 1 atom stereocenters. The van der Waals surface area contributed by atoms with Gasteiger partial charge in [-0.15, -0.1) is 0 Å². The zero-order valence-electron chi connectivity index (χ0n) is 23.4. The van der Waals surface area contributed by atoms with Crippen molar-refractivity contribution in [1.29, 1.82) is 0 Å². The lowest BCUT2D eigenvalue weighted by atomic mass is 9.98. The highest BCUT2D eigenvalue weighted by atomic mass is 31.2. The summed E-state index contributed by atoms with van der Waals surface area (Å²) in [5.41, 5.74) is 0.626. The van der Waals surface area contributed by atoms with Gasteiger partial charge in [0.2, 0.25) is 0 Å². The normalized spacial score (nSPS) is 22.2. The van der Waals surface area contributed by atoms with E-state index in [2.05, 4.69) is 9.68 Å². The molecule has 14 nitrogen and oxygen atoms in total. The molecule has 1 saturated heterocycles. The first-order chi connectivity index (χ1) is 19.7. The maximum atomic E-state index is 13.3. The summed E-state index contributed by atoms with van der Waals surface area (Å²) in [4.78, 5) is 70.8. The van der Waals surface area contributed by atoms with E-state index in [1.165, 1.54) is 0 Å². The van der Waals surface area contributed by atoms with Crippen molar-refractivity contribution < 1.29 is 56.9 Å². The fourth-order valence-electron chi connectivity index (χ4n) is 4.48. The lowest BCUT2D eigenvalue weighted by Gasteiger charge is -2.26. The second-order valence-electron chi connectivity index (χ2n) is 10.0. The number of allylic oxidation sites excluding steroid dienone is 3. The van der Waals surface area contributed by atoms with E-state index in [9.17, 15) is 38.3 Å². The molecule has 1 fully saturated rings. The van der Waals surface area contributed by atoms with Crippen molar-refractivity contribution in [3.63, 3.8) is 0 Å². The number of oxime groups is 1. The van der Waals surface area contributed by atoms with Gasteiger partial charge in [-0.3, -0.25) is 24.4 Å². The Labute approximate surface area is 243 Å². The summed E-state index contributed by atoms with van der Waals surface area (Å²) >= 11 is 0. The molecule has 0 radical (unpaired) electrons. The van der Waals surface area contributed by atoms with Crippen molar-refractivity contribution in [2.45, 2.75) is 64.9 Å². The van der Waals surface area contributed by atoms with Gasteiger partial charge in [0, 0.05) is 32.0 Å². The van der Waals surface area contributed by atoms with Crippen LogP contribution >= 0.6 is 15.6 Å². The Morgan fingerprint density at radius 1 is 1.07 bits per heavy atom. The monoisotopic (exact) mass is 630 g/mol. The van der Waals surface area contributed by atoms with E-state index in [4.69, 9.17) is 14.1 Å². The average molecular weight is 631 g/mol. The molecule has 3 rings (SSSR count). The van der Waals surface area contributed by atoms with Crippen LogP contribution in [0.5, 0.6) is 11.5 Å². The molecule has 232 valence electrons. The minimum absolute atomic E-state index is 0.0389. The first-order valence-corrected chi connectivity index (χ1v) is 16.4. The SMILES string of the molecule is C/C1=C\C(=N/OCC(=O)N2CCCCC2)Cc2cc(OP(=O)(O)O)cc(OP(=O)(O)O)c2C(=O)O[C@H](C)C/C=C/CC1. The lowest BCUT2D eigenvalue weighted by molar-refractivity contribution is -0.137. The van der Waals surface area contributed by atoms with E-state index in [1.807, 2.05) is 19.1 Å². The number of nitrogens with zero attached hydrogens (tertiary/aromatic N) is 2. The third-order valence-electron chi connectivity index (χ3n) is 6.31. The molecular weight excluding hydrogens is 594 g/mol. The number of fused-ring (bicyclic) bond motifs is 1. The molecular formula is C26H36N2O12P2. The molecule has 4 N–H and O–H groups in total. The second kappa shape index (κ2) is 15.0. The van der Waals surface area contributed by atoms with Crippen LogP contribution in [-0.4, -0.2) is 67.9 Å². The minimum atomic E-state index is -5.26. The number of hydrogen-bond acceptors (Lipinski definition) is 9. The first-order valence-electron chi connectivity index (χ1n) is 13.4. The van der Waals surface area contributed by atoms with Gasteiger partial charge in [-0.2, -0.15) is 0 Å². The van der Waals surface area contributed by atoms with Crippen LogP contribution in [0, 0.1) is 0 Å². The minimum Gasteiger partial charge on any atom is -0.459 e. The quantitative estimate of drug-likeness (QED) is 0.147. The van der Waals surface area contributed by atoms with Crippen LogP contribution in [-0.2, 0) is 29.9 Å². The van der Waals surface area contributed by atoms with Crippen molar-refractivity contribution >= 4 is 33.2 Å². The van der Waals surface area contributed by atoms with E-state index in [0.29, 0.717) is 32.4 Å². The molecule has 0 aromatic heterocycles. The van der Waals surface area contributed by atoms with Crippen LogP contribution in [0.4, 0.5) is 0 Å². The molecule has 0 unspecified atom stereocenters. The van der Waals surface area contributed by atoms with E-state index in [-0.39, 0.29) is 30.2 Å². The number of esters is 1. The summed E-state index contributed by atoms with van der Waals surface area (Å²) in [6.07, 6.45) is 9.10. The smallest absolute Gasteiger partial charge is 0.459 e. The molecule has 0 saturated carbocycles. The lowest BCUT2D eigenvalue weighted by Crippen LogP contribution is -2.37. The summed E-state index contributed by atoms with van der Waals surface area (Å²) in [5, 5.41) is 4.12. The highest BCUT2D eigenvalue weighted by molar-refractivity contribution is 7.47. The average Bonchev–Trinajstić information content (AvgIpc) is 2.86. The van der Waals surface area contributed by atoms with Gasteiger partial charge >= 0.3 is 21.6 Å². The molecule has 0 bridgehead atoms. The maximum absolute atomic E-state index is 13.3. The Bertz CT molecular complexity index is 1320. The van der Waals surface area contributed by atoms with Crippen LogP contribution in [0.3, 0.4) is 0 Å². The van der Waals surface area contributed by atoms with Gasteiger partial charge in [-0.1, -0.05) is 22.9 Å². The topological polar surface area (TPSA) is 202 Å². The maximum Gasteiger partial charge on any atom is 0.524 e. The highest BCUT2D eigenvalue weighted by Crippen LogP contribution is 2.45. The molecule has 2 heterocycles. The van der Waals surface area contributed by atoms with E-state index in [1.54, 1.807) is 17.9 Å². The predicted molar refractivity (Wildman–Crippen MR) is 151 cm³/mol. The largest absolute Gasteiger partial charge is 0.524 e. The molecule has 0 spiro atoms. The van der Waals surface area contributed by atoms with Crippen LogP contribution in [0.2, 0.25) is 0 Å². The third-order valence-corrected chi connectivity index (χ3v) is 7.20. The number of carbonyl (C=O) groups is 2. The van der Waals surface area contributed by atoms with Gasteiger partial charge in [-0.25, -0.2) is 13.9 Å². The highest BCUT2D eigenvalue weighted by Gasteiger charge is 2.29. The molecule has 1 amide bonds. The number of amides is 1. The summed E-state index contributed by atoms with van der Waals surface area (Å²) in [6.45, 7) is 4.41. The number of phosphoric acid groups is 2. The number of piperidine rings is 1. The van der Waals surface area contributed by atoms with Crippen LogP contribution in [0.25, 0.3) is 0 Å². The van der Waals surface area contributed by atoms with Crippen molar-refractivity contribution in [2.24, 2.45) is 5.16 Å². The van der Waals surface area contributed by atoms with Crippen molar-refractivity contribution in [3.8, 4) is 11.5 Å². The summed E-state index contributed by atoms with van der Waals surface area (Å²) in [6, 6.07) is 1.88. The predicted octanol–water partition coefficient (Wildman–Crippen LogP) is 3.79. The molecule has 0 aliphatic carbocycles. The van der Waals surface area contributed by atoms with Crippen LogP contribution in [0.1, 0.15) is 68.3 Å². The van der Waals surface area contributed by atoms with Gasteiger partial charge in [-0.05, 0) is 63.7 Å². The molecule has 1 aromatic rings. The Balaban J connectivity index is 2.09. The molecule has 2 aliphatic heterocycles. The molecule has 42 heavy (non-hydrogen) atoms. The molecule has 2 aliphatic rings. The Morgan fingerprint density at radius 2 is 1.76 bits per heavy atom. The Hall–Kier alpha value is -2.99. The number of benzene rings is 1. The standard InChI is InChI=1S/C26H36N2O12P2/c1-18-9-5-3-6-10-19(2)38-26(30)25-20(15-22(39-41(31,32)33)16-23(25)40-42(34,35)36)14-21(13-18)27-37-17-24(29)28-11-7-4-8-12-28/h3,6,13,15-16,19H,4-5,7-12,14,17H2,1-2H3,(H2,31,32,33)(H2,34,35,36)/b6-3+,18-13+,27-21+/t19-/m1/s1. The summed E-state index contributed by atoms with van der Waals surface area (Å²) in [7, 11) is -10.4. The fraction of sp³-hybridized carbons (Fsp3) is 0.500. The third kappa shape index (κ3) is 11.4. The van der Waals surface area contributed by atoms with E-state index in [0.717, 1.165) is 37.0 Å². The first kappa shape index (κ1) is 33.5. The van der Waals surface area contributed by atoms with Gasteiger partial charge in [0.1, 0.15) is 23.2 Å². The van der Waals surface area contributed by atoms with E-state index >= 15 is 0 Å². The number of phosphoric ester groups is 2. The van der Waals surface area contributed by atoms with Gasteiger partial charge in [0.25, 0.3) is 5.91 Å². The second-order valence-corrected chi connectivity index (χ2v) is 12.4. The fourth-order valence-corrected chi connectivity index (χ4v) is 5.26. The Morgan fingerprint density at radius 3 is 2.43 bits per heavy atom. The summed E-state index contributed by atoms with van der Waals surface area (Å²) in [5.74, 6) is -2.49. The number of cyclic esters (lactones) is 1. The van der Waals surface area contributed by atoms with Gasteiger partial charge in [0.05, 0.1) is 5.71 Å². The zero-order valence-corrected chi connectivity index (χ0v) is 25.2. The summed E-state index contributed by atoms with van der Waals surface area (Å²) < 4.78 is 38.3.